The molecule has 0 saturated carbocycles. The lowest BCUT2D eigenvalue weighted by Gasteiger charge is -2.19. The number of hydrogen-bond donors (Lipinski definition) is 2. The summed E-state index contributed by atoms with van der Waals surface area (Å²) in [6.45, 7) is 4.83. The highest BCUT2D eigenvalue weighted by Crippen LogP contribution is 2.19. The third-order valence-electron chi connectivity index (χ3n) is 3.03. The number of H-pyrrole nitrogens is 1. The Balaban J connectivity index is 2.53. The number of rotatable bonds is 6. The molecule has 0 radical (unpaired) electrons. The summed E-state index contributed by atoms with van der Waals surface area (Å²) in [5.41, 5.74) is 0.0322. The average molecular weight is 315 g/mol. The van der Waals surface area contributed by atoms with Gasteiger partial charge >= 0.3 is 0 Å². The molecule has 1 aromatic heterocycles. The Morgan fingerprint density at radius 3 is 2.61 bits per heavy atom. The van der Waals surface area contributed by atoms with Crippen molar-refractivity contribution in [3.63, 3.8) is 0 Å². The minimum Gasteiger partial charge on any atom is -0.350 e. The molecule has 1 rings (SSSR count). The predicted molar refractivity (Wildman–Crippen MR) is 76.2 cm³/mol. The minimum absolute atomic E-state index is 0.247. The highest BCUT2D eigenvalue weighted by atomic mass is 79.9. The van der Waals surface area contributed by atoms with E-state index in [1.165, 1.54) is 6.07 Å². The van der Waals surface area contributed by atoms with Crippen LogP contribution in [0.5, 0.6) is 0 Å². The molecule has 0 fully saturated rings. The summed E-state index contributed by atoms with van der Waals surface area (Å²) in [5.74, 6) is 0.295. The molecule has 0 aromatic carbocycles. The number of aromatic amines is 1. The van der Waals surface area contributed by atoms with Gasteiger partial charge in [-0.2, -0.15) is 0 Å². The summed E-state index contributed by atoms with van der Waals surface area (Å²) in [7, 11) is 0. The smallest absolute Gasteiger partial charge is 0.267 e. The molecule has 1 aromatic rings. The number of carbonyl (C=O) groups is 1. The molecule has 100 valence electrons. The third kappa shape index (κ3) is 4.29. The van der Waals surface area contributed by atoms with Crippen LogP contribution in [0.15, 0.2) is 23.0 Å². The van der Waals surface area contributed by atoms with Gasteiger partial charge in [0.15, 0.2) is 0 Å². The van der Waals surface area contributed by atoms with E-state index in [1.807, 2.05) is 0 Å². The summed E-state index contributed by atoms with van der Waals surface area (Å²) in [5, 5.41) is 2.82. The van der Waals surface area contributed by atoms with Crippen LogP contribution in [0.3, 0.4) is 0 Å². The number of carbonyl (C=O) groups excluding carboxylic acids is 1. The van der Waals surface area contributed by atoms with E-state index in [-0.39, 0.29) is 16.3 Å². The second-order valence-corrected chi connectivity index (χ2v) is 5.41. The fraction of sp³-hybridized carbons (Fsp3) is 0.538. The van der Waals surface area contributed by atoms with Gasteiger partial charge in [-0.05, 0) is 12.0 Å². The van der Waals surface area contributed by atoms with Crippen LogP contribution in [0.1, 0.15) is 37.2 Å². The van der Waals surface area contributed by atoms with Gasteiger partial charge in [0.25, 0.3) is 5.91 Å². The van der Waals surface area contributed by atoms with Crippen LogP contribution >= 0.6 is 15.9 Å². The van der Waals surface area contributed by atoms with Gasteiger partial charge in [-0.25, -0.2) is 0 Å². The fourth-order valence-corrected chi connectivity index (χ4v) is 2.74. The SMILES string of the molecule is CCC(CC)C(Br)CNC(=O)c1cccc(=O)[nH]1. The van der Waals surface area contributed by atoms with E-state index in [2.05, 4.69) is 40.1 Å². The van der Waals surface area contributed by atoms with Crippen LogP contribution in [-0.2, 0) is 0 Å². The largest absolute Gasteiger partial charge is 0.350 e. The van der Waals surface area contributed by atoms with Crippen molar-refractivity contribution in [2.24, 2.45) is 5.92 Å². The summed E-state index contributed by atoms with van der Waals surface area (Å²) in [4.78, 5) is 25.6. The third-order valence-corrected chi connectivity index (χ3v) is 4.10. The maximum atomic E-state index is 11.8. The van der Waals surface area contributed by atoms with E-state index in [0.717, 1.165) is 12.8 Å². The number of nitrogens with one attached hydrogen (secondary N) is 2. The molecular weight excluding hydrogens is 296 g/mol. The van der Waals surface area contributed by atoms with E-state index in [4.69, 9.17) is 0 Å². The Morgan fingerprint density at radius 2 is 2.06 bits per heavy atom. The zero-order valence-electron chi connectivity index (χ0n) is 10.7. The molecule has 0 bridgehead atoms. The Kier molecular flexibility index (Phi) is 6.12. The number of alkyl halides is 1. The van der Waals surface area contributed by atoms with E-state index < -0.39 is 0 Å². The molecule has 1 atom stereocenters. The quantitative estimate of drug-likeness (QED) is 0.791. The maximum Gasteiger partial charge on any atom is 0.267 e. The van der Waals surface area contributed by atoms with Crippen LogP contribution in [0, 0.1) is 5.92 Å². The molecule has 0 spiro atoms. The van der Waals surface area contributed by atoms with Gasteiger partial charge in [0.05, 0.1) is 0 Å². The molecule has 0 aliphatic rings. The minimum atomic E-state index is -0.266. The van der Waals surface area contributed by atoms with E-state index >= 15 is 0 Å². The number of pyridine rings is 1. The molecule has 0 saturated heterocycles. The van der Waals surface area contributed by atoms with Crippen LogP contribution in [0.2, 0.25) is 0 Å². The zero-order chi connectivity index (χ0) is 13.5. The number of halogens is 1. The highest BCUT2D eigenvalue weighted by Gasteiger charge is 2.16. The van der Waals surface area contributed by atoms with Gasteiger partial charge in [0.2, 0.25) is 5.56 Å². The topological polar surface area (TPSA) is 62.0 Å². The summed E-state index contributed by atoms with van der Waals surface area (Å²) < 4.78 is 0. The maximum absolute atomic E-state index is 11.8. The number of hydrogen-bond acceptors (Lipinski definition) is 2. The molecule has 18 heavy (non-hydrogen) atoms. The van der Waals surface area contributed by atoms with Gasteiger partial charge in [0.1, 0.15) is 5.69 Å². The van der Waals surface area contributed by atoms with Crippen molar-refractivity contribution in [1.29, 1.82) is 0 Å². The molecule has 5 heteroatoms. The van der Waals surface area contributed by atoms with Crippen molar-refractivity contribution < 1.29 is 4.79 Å². The lowest BCUT2D eigenvalue weighted by Crippen LogP contribution is -2.34. The highest BCUT2D eigenvalue weighted by molar-refractivity contribution is 9.09. The average Bonchev–Trinajstić information content (AvgIpc) is 2.37. The first kappa shape index (κ1) is 15.0. The summed E-state index contributed by atoms with van der Waals surface area (Å²) in [6.07, 6.45) is 2.15. The van der Waals surface area contributed by atoms with E-state index in [9.17, 15) is 9.59 Å². The van der Waals surface area contributed by atoms with Crippen molar-refractivity contribution in [2.45, 2.75) is 31.5 Å². The summed E-state index contributed by atoms with van der Waals surface area (Å²) in [6, 6.07) is 4.55. The molecule has 1 unspecified atom stereocenters. The van der Waals surface area contributed by atoms with E-state index in [0.29, 0.717) is 18.2 Å². The normalized spacial score (nSPS) is 12.4. The molecule has 1 heterocycles. The second-order valence-electron chi connectivity index (χ2n) is 4.23. The van der Waals surface area contributed by atoms with E-state index in [1.54, 1.807) is 12.1 Å². The van der Waals surface area contributed by atoms with Gasteiger partial charge in [-0.15, -0.1) is 0 Å². The lowest BCUT2D eigenvalue weighted by atomic mass is 9.99. The van der Waals surface area contributed by atoms with Gasteiger partial charge in [-0.1, -0.05) is 48.7 Å². The molecule has 2 N–H and O–H groups in total. The fourth-order valence-electron chi connectivity index (χ4n) is 1.83. The van der Waals surface area contributed by atoms with Crippen molar-refractivity contribution in [1.82, 2.24) is 10.3 Å². The van der Waals surface area contributed by atoms with Gasteiger partial charge in [-0.3, -0.25) is 9.59 Å². The number of amides is 1. The molecule has 4 nitrogen and oxygen atoms in total. The molecular formula is C13H19BrN2O2. The molecule has 1 amide bonds. The Labute approximate surface area is 115 Å². The van der Waals surface area contributed by atoms with Crippen molar-refractivity contribution in [3.8, 4) is 0 Å². The molecule has 0 aliphatic heterocycles. The first-order valence-corrected chi connectivity index (χ1v) is 7.11. The van der Waals surface area contributed by atoms with Crippen LogP contribution < -0.4 is 10.9 Å². The van der Waals surface area contributed by atoms with Crippen LogP contribution in [0.25, 0.3) is 0 Å². The lowest BCUT2D eigenvalue weighted by molar-refractivity contribution is 0.0947. The second kappa shape index (κ2) is 7.36. The number of aromatic nitrogens is 1. The standard InChI is InChI=1S/C13H19BrN2O2/c1-3-9(4-2)10(14)8-15-13(18)11-6-5-7-12(17)16-11/h5-7,9-10H,3-4,8H2,1-2H3,(H,15,18)(H,16,17). The Bertz CT molecular complexity index is 441. The molecule has 0 aliphatic carbocycles. The first-order chi connectivity index (χ1) is 8.58. The van der Waals surface area contributed by atoms with Crippen LogP contribution in [-0.4, -0.2) is 22.3 Å². The Hall–Kier alpha value is -1.10. The first-order valence-electron chi connectivity index (χ1n) is 6.20. The monoisotopic (exact) mass is 314 g/mol. The van der Waals surface area contributed by atoms with Crippen molar-refractivity contribution >= 4 is 21.8 Å². The van der Waals surface area contributed by atoms with Gasteiger partial charge in [0, 0.05) is 17.4 Å². The van der Waals surface area contributed by atoms with Crippen molar-refractivity contribution in [3.05, 3.63) is 34.2 Å². The van der Waals surface area contributed by atoms with Gasteiger partial charge < -0.3 is 10.3 Å². The predicted octanol–water partition coefficient (Wildman–Crippen LogP) is 2.30. The van der Waals surface area contributed by atoms with Crippen LogP contribution in [0.4, 0.5) is 0 Å². The Morgan fingerprint density at radius 1 is 1.39 bits per heavy atom. The summed E-state index contributed by atoms with van der Waals surface area (Å²) >= 11 is 3.59. The van der Waals surface area contributed by atoms with Crippen molar-refractivity contribution in [2.75, 3.05) is 6.54 Å². The zero-order valence-corrected chi connectivity index (χ0v) is 12.3.